The van der Waals surface area contributed by atoms with E-state index in [0.717, 1.165) is 33.4 Å². The van der Waals surface area contributed by atoms with Gasteiger partial charge in [0.25, 0.3) is 0 Å². The van der Waals surface area contributed by atoms with Crippen molar-refractivity contribution < 1.29 is 43.1 Å². The highest BCUT2D eigenvalue weighted by atomic mass is 16.7. The third kappa shape index (κ3) is 7.51. The van der Waals surface area contributed by atoms with Crippen molar-refractivity contribution in [2.75, 3.05) is 13.2 Å². The molecule has 2 N–H and O–H groups in total. The summed E-state index contributed by atoms with van der Waals surface area (Å²) in [7, 11) is 0. The van der Waals surface area contributed by atoms with Gasteiger partial charge < -0.3 is 38.8 Å². The lowest BCUT2D eigenvalue weighted by Gasteiger charge is -2.47. The summed E-state index contributed by atoms with van der Waals surface area (Å²) in [6, 6.07) is 31.6. The summed E-state index contributed by atoms with van der Waals surface area (Å²) in [5.41, 5.74) is 15.1. The molecule has 4 aromatic rings. The van der Waals surface area contributed by atoms with Gasteiger partial charge in [-0.2, -0.15) is 0 Å². The minimum atomic E-state index is -1.38. The number of alkyl carbamates (subject to hydrolysis) is 1. The highest BCUT2D eigenvalue weighted by Crippen LogP contribution is 2.44. The first-order valence-corrected chi connectivity index (χ1v) is 17.1. The van der Waals surface area contributed by atoms with Gasteiger partial charge >= 0.3 is 12.1 Å². The van der Waals surface area contributed by atoms with E-state index in [0.29, 0.717) is 0 Å². The van der Waals surface area contributed by atoms with Gasteiger partial charge in [-0.15, -0.1) is 0 Å². The van der Waals surface area contributed by atoms with Crippen molar-refractivity contribution in [3.63, 3.8) is 0 Å². The maximum Gasteiger partial charge on any atom is 0.407 e. The summed E-state index contributed by atoms with van der Waals surface area (Å²) in [6.07, 6.45) is -7.13. The van der Waals surface area contributed by atoms with Crippen LogP contribution in [0.3, 0.4) is 0 Å². The number of hydrogen-bond acceptors (Lipinski definition) is 10. The minimum absolute atomic E-state index is 0.0187. The molecule has 1 amide bonds. The van der Waals surface area contributed by atoms with E-state index < -0.39 is 61.1 Å². The molecule has 4 aromatic carbocycles. The third-order valence-electron chi connectivity index (χ3n) is 9.50. The molecule has 1 aliphatic carbocycles. The average molecular weight is 707 g/mol. The second-order valence-electron chi connectivity index (χ2n) is 12.8. The maximum absolute atomic E-state index is 13.6. The van der Waals surface area contributed by atoms with E-state index in [9.17, 15) is 20.2 Å². The van der Waals surface area contributed by atoms with Crippen LogP contribution in [0.25, 0.3) is 21.6 Å². The van der Waals surface area contributed by atoms with Crippen molar-refractivity contribution in [3.05, 3.63) is 142 Å². The van der Waals surface area contributed by atoms with E-state index >= 15 is 0 Å². The number of nitrogens with zero attached hydrogens (tertiary/aromatic N) is 3. The van der Waals surface area contributed by atoms with Crippen LogP contribution in [-0.2, 0) is 39.8 Å². The van der Waals surface area contributed by atoms with Crippen molar-refractivity contribution in [1.82, 2.24) is 5.32 Å². The van der Waals surface area contributed by atoms with Gasteiger partial charge in [0.1, 0.15) is 31.5 Å². The Balaban J connectivity index is 1.06. The highest BCUT2D eigenvalue weighted by molar-refractivity contribution is 5.82. The van der Waals surface area contributed by atoms with Crippen LogP contribution in [0.15, 0.2) is 114 Å². The van der Waals surface area contributed by atoms with Crippen LogP contribution in [0.2, 0.25) is 0 Å². The molecule has 3 aliphatic rings. The topological polar surface area (TPSA) is 171 Å². The molecule has 0 bridgehead atoms. The second-order valence-corrected chi connectivity index (χ2v) is 12.8. The van der Waals surface area contributed by atoms with Crippen molar-refractivity contribution in [2.24, 2.45) is 5.11 Å². The van der Waals surface area contributed by atoms with E-state index in [2.05, 4.69) is 15.3 Å². The van der Waals surface area contributed by atoms with E-state index in [1.165, 1.54) is 6.92 Å². The van der Waals surface area contributed by atoms with Gasteiger partial charge in [-0.1, -0.05) is 114 Å². The SMILES string of the molecule is C[C@@H](O[C@H]1OC2COC(c3ccccc3)O[C@@H]2[C@H](O)C1N=[N+]=[N-])[C@H](NC(=O)OCC1c2ccccc2-c2ccccc21)C(=O)OCc1ccccc1. The summed E-state index contributed by atoms with van der Waals surface area (Å²) in [6.45, 7) is 1.53. The molecule has 3 unspecified atom stereocenters. The molecule has 13 nitrogen and oxygen atoms in total. The van der Waals surface area contributed by atoms with E-state index in [1.54, 1.807) is 12.1 Å². The Hall–Kier alpha value is -5.27. The Morgan fingerprint density at radius 1 is 0.904 bits per heavy atom. The fourth-order valence-electron chi connectivity index (χ4n) is 6.90. The number of benzene rings is 4. The number of nitrogens with one attached hydrogen (secondary N) is 1. The number of hydrogen-bond donors (Lipinski definition) is 2. The Bertz CT molecular complexity index is 1860. The molecule has 13 heteroatoms. The molecule has 2 aliphatic heterocycles. The van der Waals surface area contributed by atoms with Crippen molar-refractivity contribution in [2.45, 2.75) is 68.5 Å². The Labute approximate surface area is 300 Å². The molecule has 2 fully saturated rings. The number of amides is 1. The number of carbonyl (C=O) groups excluding carboxylic acids is 2. The lowest BCUT2D eigenvalue weighted by molar-refractivity contribution is -0.346. The number of rotatable bonds is 11. The summed E-state index contributed by atoms with van der Waals surface area (Å²) in [5, 5.41) is 17.8. The molecule has 52 heavy (non-hydrogen) atoms. The lowest BCUT2D eigenvalue weighted by Crippen LogP contribution is -2.62. The molecule has 2 saturated heterocycles. The molecule has 8 atom stereocenters. The standard InChI is InChI=1S/C39H38N4O9/c1-23(50-38-33(42-43-40)34(44)35-31(51-38)22-48-37(52-35)25-14-6-3-7-15-25)32(36(45)47-20-24-12-4-2-5-13-24)41-39(46)49-21-30-28-18-10-8-16-26(28)27-17-9-11-19-29(27)30/h2-19,23,30-35,37-38,44H,20-22H2,1H3,(H,41,46)/t23-,31?,32+,33?,34-,35+,37?,38+/m1/s1. The molecular formula is C39H38N4O9. The normalized spacial score (nSPS) is 24.6. The predicted molar refractivity (Wildman–Crippen MR) is 186 cm³/mol. The van der Waals surface area contributed by atoms with Gasteiger partial charge in [0.2, 0.25) is 0 Å². The quantitative estimate of drug-likeness (QED) is 0.0832. The molecule has 2 heterocycles. The summed E-state index contributed by atoms with van der Waals surface area (Å²) in [4.78, 5) is 29.9. The number of azide groups is 1. The zero-order valence-electron chi connectivity index (χ0n) is 28.3. The van der Waals surface area contributed by atoms with Crippen molar-refractivity contribution >= 4 is 12.1 Å². The molecule has 0 radical (unpaired) electrons. The van der Waals surface area contributed by atoms with Crippen LogP contribution >= 0.6 is 0 Å². The van der Waals surface area contributed by atoms with E-state index in [-0.39, 0.29) is 25.7 Å². The van der Waals surface area contributed by atoms with Crippen LogP contribution in [-0.4, -0.2) is 73.2 Å². The maximum atomic E-state index is 13.6. The van der Waals surface area contributed by atoms with Crippen molar-refractivity contribution in [1.29, 1.82) is 0 Å². The lowest BCUT2D eigenvalue weighted by atomic mass is 9.96. The zero-order chi connectivity index (χ0) is 36.0. The first-order valence-electron chi connectivity index (χ1n) is 17.1. The van der Waals surface area contributed by atoms with Crippen LogP contribution in [0.5, 0.6) is 0 Å². The molecule has 0 aromatic heterocycles. The number of esters is 1. The highest BCUT2D eigenvalue weighted by Gasteiger charge is 2.50. The van der Waals surface area contributed by atoms with Gasteiger partial charge in [-0.3, -0.25) is 0 Å². The van der Waals surface area contributed by atoms with Gasteiger partial charge in [0.05, 0.1) is 18.8 Å². The van der Waals surface area contributed by atoms with Gasteiger partial charge in [-0.05, 0) is 40.3 Å². The van der Waals surface area contributed by atoms with Crippen LogP contribution in [0.4, 0.5) is 4.79 Å². The number of fused-ring (bicyclic) bond motifs is 4. The molecule has 0 spiro atoms. The third-order valence-corrected chi connectivity index (χ3v) is 9.50. The molecule has 0 saturated carbocycles. The van der Waals surface area contributed by atoms with Crippen LogP contribution in [0, 0.1) is 0 Å². The first-order chi connectivity index (χ1) is 25.4. The molecule has 268 valence electrons. The summed E-state index contributed by atoms with van der Waals surface area (Å²) >= 11 is 0. The number of aliphatic hydroxyl groups excluding tert-OH is 1. The molecular weight excluding hydrogens is 668 g/mol. The van der Waals surface area contributed by atoms with Crippen LogP contribution < -0.4 is 5.32 Å². The van der Waals surface area contributed by atoms with Gasteiger partial charge in [0, 0.05) is 16.4 Å². The van der Waals surface area contributed by atoms with Gasteiger partial charge in [-0.25, -0.2) is 9.59 Å². The Kier molecular flexibility index (Phi) is 10.8. The first kappa shape index (κ1) is 35.1. The van der Waals surface area contributed by atoms with E-state index in [4.69, 9.17) is 28.4 Å². The summed E-state index contributed by atoms with van der Waals surface area (Å²) in [5.74, 6) is -0.999. The second kappa shape index (κ2) is 16.0. The average Bonchev–Trinajstić information content (AvgIpc) is 3.50. The number of carbonyl (C=O) groups is 2. The largest absolute Gasteiger partial charge is 0.459 e. The minimum Gasteiger partial charge on any atom is -0.459 e. The monoisotopic (exact) mass is 706 g/mol. The fraction of sp³-hybridized carbons (Fsp3) is 0.333. The van der Waals surface area contributed by atoms with E-state index in [1.807, 2.05) is 97.1 Å². The van der Waals surface area contributed by atoms with Crippen molar-refractivity contribution in [3.8, 4) is 11.1 Å². The Morgan fingerprint density at radius 3 is 2.21 bits per heavy atom. The smallest absolute Gasteiger partial charge is 0.407 e. The summed E-state index contributed by atoms with van der Waals surface area (Å²) < 4.78 is 35.6. The number of ether oxygens (including phenoxy) is 6. The molecule has 7 rings (SSSR count). The predicted octanol–water partition coefficient (Wildman–Crippen LogP) is 5.92. The fourth-order valence-corrected chi connectivity index (χ4v) is 6.90. The Morgan fingerprint density at radius 2 is 1.54 bits per heavy atom. The number of aliphatic hydroxyl groups is 1. The zero-order valence-corrected chi connectivity index (χ0v) is 28.3. The van der Waals surface area contributed by atoms with Crippen LogP contribution in [0.1, 0.15) is 41.4 Å². The van der Waals surface area contributed by atoms with Gasteiger partial charge in [0.15, 0.2) is 18.6 Å².